The van der Waals surface area contributed by atoms with E-state index in [0.29, 0.717) is 0 Å². The summed E-state index contributed by atoms with van der Waals surface area (Å²) in [6.45, 7) is 0. The van der Waals surface area contributed by atoms with Crippen LogP contribution in [-0.2, 0) is 0 Å². The zero-order chi connectivity index (χ0) is 12.4. The summed E-state index contributed by atoms with van der Waals surface area (Å²) in [7, 11) is 0. The number of nitrogens with zero attached hydrogens (tertiary/aromatic N) is 1. The van der Waals surface area contributed by atoms with Crippen LogP contribution in [0.25, 0.3) is 0 Å². The molecule has 0 aliphatic rings. The maximum Gasteiger partial charge on any atom is 0.126 e. The predicted molar refractivity (Wildman–Crippen MR) is 59.7 cm³/mol. The minimum atomic E-state index is -1.26. The molecule has 0 spiro atoms. The van der Waals surface area contributed by atoms with Gasteiger partial charge in [-0.05, 0) is 29.8 Å². The van der Waals surface area contributed by atoms with Gasteiger partial charge in [0.25, 0.3) is 0 Å². The van der Waals surface area contributed by atoms with Crippen LogP contribution >= 0.6 is 11.6 Å². The Morgan fingerprint density at radius 2 is 1.82 bits per heavy atom. The van der Waals surface area contributed by atoms with Crippen molar-refractivity contribution in [3.8, 4) is 0 Å². The summed E-state index contributed by atoms with van der Waals surface area (Å²) in [6, 6.07) is 5.96. The molecule has 0 fully saturated rings. The minimum Gasteiger partial charge on any atom is -0.382 e. The number of rotatable bonds is 2. The average molecular weight is 256 g/mol. The second kappa shape index (κ2) is 4.77. The molecule has 2 aromatic rings. The molecule has 0 aliphatic carbocycles. The van der Waals surface area contributed by atoms with E-state index in [-0.39, 0.29) is 16.3 Å². The van der Waals surface area contributed by atoms with Crippen molar-refractivity contribution in [1.82, 2.24) is 4.98 Å². The zero-order valence-electron chi connectivity index (χ0n) is 8.57. The van der Waals surface area contributed by atoms with E-state index in [9.17, 15) is 13.9 Å². The Bertz CT molecular complexity index is 528. The van der Waals surface area contributed by atoms with Crippen molar-refractivity contribution in [3.05, 3.63) is 64.4 Å². The van der Waals surface area contributed by atoms with Crippen LogP contribution in [0.5, 0.6) is 0 Å². The Hall–Kier alpha value is -1.52. The Balaban J connectivity index is 2.43. The standard InChI is InChI=1S/C12H8ClF2NO/c13-10-2-1-3-16-11(10)12(17)7-4-8(14)6-9(15)5-7/h1-6,12,17H. The van der Waals surface area contributed by atoms with E-state index in [2.05, 4.69) is 4.98 Å². The molecule has 0 radical (unpaired) electrons. The molecule has 17 heavy (non-hydrogen) atoms. The van der Waals surface area contributed by atoms with Crippen LogP contribution in [0.3, 0.4) is 0 Å². The molecule has 0 aliphatic heterocycles. The second-order valence-electron chi connectivity index (χ2n) is 3.48. The Morgan fingerprint density at radius 1 is 1.18 bits per heavy atom. The van der Waals surface area contributed by atoms with Gasteiger partial charge in [-0.2, -0.15) is 0 Å². The van der Waals surface area contributed by atoms with Gasteiger partial charge in [0, 0.05) is 12.3 Å². The monoisotopic (exact) mass is 255 g/mol. The Morgan fingerprint density at radius 3 is 2.41 bits per heavy atom. The van der Waals surface area contributed by atoms with E-state index in [4.69, 9.17) is 11.6 Å². The molecule has 2 rings (SSSR count). The largest absolute Gasteiger partial charge is 0.382 e. The van der Waals surface area contributed by atoms with Crippen molar-refractivity contribution in [2.75, 3.05) is 0 Å². The van der Waals surface area contributed by atoms with Crippen molar-refractivity contribution in [2.24, 2.45) is 0 Å². The third-order valence-corrected chi connectivity index (χ3v) is 2.57. The third kappa shape index (κ3) is 2.60. The van der Waals surface area contributed by atoms with Gasteiger partial charge in [-0.25, -0.2) is 8.78 Å². The third-order valence-electron chi connectivity index (χ3n) is 2.25. The minimum absolute atomic E-state index is 0.0723. The molecule has 0 saturated heterocycles. The number of aromatic nitrogens is 1. The highest BCUT2D eigenvalue weighted by Crippen LogP contribution is 2.26. The summed E-state index contributed by atoms with van der Waals surface area (Å²) in [5.74, 6) is -1.52. The summed E-state index contributed by atoms with van der Waals surface area (Å²) in [6.07, 6.45) is 0.189. The number of aliphatic hydroxyl groups excluding tert-OH is 1. The number of benzene rings is 1. The van der Waals surface area contributed by atoms with Crippen molar-refractivity contribution >= 4 is 11.6 Å². The zero-order valence-corrected chi connectivity index (χ0v) is 9.33. The molecule has 2 nitrogen and oxygen atoms in total. The molecule has 5 heteroatoms. The molecule has 1 unspecified atom stereocenters. The summed E-state index contributed by atoms with van der Waals surface area (Å²) < 4.78 is 26.0. The van der Waals surface area contributed by atoms with Gasteiger partial charge in [-0.1, -0.05) is 11.6 Å². The van der Waals surface area contributed by atoms with Crippen LogP contribution in [-0.4, -0.2) is 10.1 Å². The second-order valence-corrected chi connectivity index (χ2v) is 3.88. The fourth-order valence-electron chi connectivity index (χ4n) is 1.49. The summed E-state index contributed by atoms with van der Waals surface area (Å²) >= 11 is 5.84. The first-order chi connectivity index (χ1) is 8.08. The van der Waals surface area contributed by atoms with Crippen LogP contribution in [0, 0.1) is 11.6 Å². The molecule has 1 heterocycles. The van der Waals surface area contributed by atoms with Gasteiger partial charge in [-0.15, -0.1) is 0 Å². The lowest BCUT2D eigenvalue weighted by molar-refractivity contribution is 0.214. The Labute approximate surface area is 102 Å². The van der Waals surface area contributed by atoms with Crippen molar-refractivity contribution in [3.63, 3.8) is 0 Å². The van der Waals surface area contributed by atoms with Crippen LogP contribution in [0.4, 0.5) is 8.78 Å². The molecule has 0 saturated carbocycles. The van der Waals surface area contributed by atoms with Gasteiger partial charge in [-0.3, -0.25) is 4.98 Å². The first kappa shape index (κ1) is 12.0. The maximum atomic E-state index is 13.0. The average Bonchev–Trinajstić information content (AvgIpc) is 2.27. The van der Waals surface area contributed by atoms with Crippen LogP contribution in [0.15, 0.2) is 36.5 Å². The molecule has 1 aromatic carbocycles. The summed E-state index contributed by atoms with van der Waals surface area (Å²) in [5, 5.41) is 10.2. The first-order valence-corrected chi connectivity index (χ1v) is 5.20. The number of hydrogen-bond donors (Lipinski definition) is 1. The number of pyridine rings is 1. The normalized spacial score (nSPS) is 12.5. The van der Waals surface area contributed by atoms with Crippen molar-refractivity contribution < 1.29 is 13.9 Å². The van der Waals surface area contributed by atoms with E-state index >= 15 is 0 Å². The molecule has 0 amide bonds. The van der Waals surface area contributed by atoms with E-state index < -0.39 is 17.7 Å². The highest BCUT2D eigenvalue weighted by molar-refractivity contribution is 6.31. The lowest BCUT2D eigenvalue weighted by atomic mass is 10.1. The lowest BCUT2D eigenvalue weighted by Gasteiger charge is -2.12. The molecule has 88 valence electrons. The lowest BCUT2D eigenvalue weighted by Crippen LogP contribution is -2.04. The van der Waals surface area contributed by atoms with Gasteiger partial charge in [0.05, 0.1) is 10.7 Å². The highest BCUT2D eigenvalue weighted by atomic mass is 35.5. The Kier molecular flexibility index (Phi) is 3.36. The predicted octanol–water partition coefficient (Wildman–Crippen LogP) is 3.09. The van der Waals surface area contributed by atoms with Gasteiger partial charge in [0.1, 0.15) is 17.7 Å². The molecular weight excluding hydrogens is 248 g/mol. The van der Waals surface area contributed by atoms with E-state index in [0.717, 1.165) is 18.2 Å². The first-order valence-electron chi connectivity index (χ1n) is 4.82. The number of hydrogen-bond acceptors (Lipinski definition) is 2. The van der Waals surface area contributed by atoms with Gasteiger partial charge in [0.15, 0.2) is 0 Å². The quantitative estimate of drug-likeness (QED) is 0.895. The smallest absolute Gasteiger partial charge is 0.126 e. The molecule has 1 N–H and O–H groups in total. The molecular formula is C12H8ClF2NO. The fourth-order valence-corrected chi connectivity index (χ4v) is 1.71. The topological polar surface area (TPSA) is 33.1 Å². The van der Waals surface area contributed by atoms with Gasteiger partial charge >= 0.3 is 0 Å². The van der Waals surface area contributed by atoms with Crippen molar-refractivity contribution in [1.29, 1.82) is 0 Å². The molecule has 1 atom stereocenters. The number of aliphatic hydroxyl groups is 1. The van der Waals surface area contributed by atoms with Crippen LogP contribution in [0.2, 0.25) is 5.02 Å². The molecule has 0 bridgehead atoms. The van der Waals surface area contributed by atoms with E-state index in [1.165, 1.54) is 6.20 Å². The van der Waals surface area contributed by atoms with Crippen LogP contribution < -0.4 is 0 Å². The SMILES string of the molecule is OC(c1cc(F)cc(F)c1)c1ncccc1Cl. The fraction of sp³-hybridized carbons (Fsp3) is 0.0833. The highest BCUT2D eigenvalue weighted by Gasteiger charge is 2.16. The summed E-state index contributed by atoms with van der Waals surface area (Å²) in [4.78, 5) is 3.89. The van der Waals surface area contributed by atoms with Crippen molar-refractivity contribution in [2.45, 2.75) is 6.10 Å². The van der Waals surface area contributed by atoms with Gasteiger partial charge in [0.2, 0.25) is 0 Å². The number of halogens is 3. The maximum absolute atomic E-state index is 13.0. The van der Waals surface area contributed by atoms with Gasteiger partial charge < -0.3 is 5.11 Å². The summed E-state index contributed by atoms with van der Waals surface area (Å²) in [5.41, 5.74) is 0.238. The molecule has 1 aromatic heterocycles. The van der Waals surface area contributed by atoms with Crippen LogP contribution in [0.1, 0.15) is 17.4 Å². The van der Waals surface area contributed by atoms with E-state index in [1.54, 1.807) is 12.1 Å². The van der Waals surface area contributed by atoms with E-state index in [1.807, 2.05) is 0 Å².